The summed E-state index contributed by atoms with van der Waals surface area (Å²) in [4.78, 5) is 16.3. The van der Waals surface area contributed by atoms with Crippen molar-refractivity contribution in [1.29, 1.82) is 0 Å². The van der Waals surface area contributed by atoms with E-state index in [0.717, 1.165) is 19.5 Å². The number of nitrogens with two attached hydrogens (primary N) is 1. The van der Waals surface area contributed by atoms with E-state index < -0.39 is 0 Å². The molecule has 4 nitrogen and oxygen atoms in total. The Balaban J connectivity index is 2.55. The highest BCUT2D eigenvalue weighted by molar-refractivity contribution is 5.79. The summed E-state index contributed by atoms with van der Waals surface area (Å²) in [5, 5.41) is 0. The second-order valence-corrected chi connectivity index (χ2v) is 5.16. The molecular formula is C12H25N3O. The first kappa shape index (κ1) is 13.5. The van der Waals surface area contributed by atoms with Crippen LogP contribution in [0.4, 0.5) is 0 Å². The van der Waals surface area contributed by atoms with Crippen LogP contribution in [0.5, 0.6) is 0 Å². The van der Waals surface area contributed by atoms with Gasteiger partial charge in [-0.15, -0.1) is 0 Å². The molecule has 1 amide bonds. The summed E-state index contributed by atoms with van der Waals surface area (Å²) in [7, 11) is 4.02. The average Bonchev–Trinajstić information content (AvgIpc) is 2.26. The quantitative estimate of drug-likeness (QED) is 0.765. The van der Waals surface area contributed by atoms with Crippen molar-refractivity contribution in [3.8, 4) is 0 Å². The molecule has 0 aliphatic carbocycles. The topological polar surface area (TPSA) is 49.6 Å². The molecule has 3 atom stereocenters. The van der Waals surface area contributed by atoms with Crippen molar-refractivity contribution < 1.29 is 4.79 Å². The molecule has 16 heavy (non-hydrogen) atoms. The van der Waals surface area contributed by atoms with Crippen molar-refractivity contribution in [2.45, 2.75) is 38.8 Å². The predicted octanol–water partition coefficient (Wildman–Crippen LogP) is 0.522. The highest BCUT2D eigenvalue weighted by Gasteiger charge is 2.28. The summed E-state index contributed by atoms with van der Waals surface area (Å²) in [6.45, 7) is 5.93. The van der Waals surface area contributed by atoms with Crippen LogP contribution in [-0.4, -0.2) is 55.0 Å². The third-order valence-electron chi connectivity index (χ3n) is 3.67. The molecule has 0 spiro atoms. The molecular weight excluding hydrogens is 202 g/mol. The molecule has 1 fully saturated rings. The van der Waals surface area contributed by atoms with Gasteiger partial charge in [0.25, 0.3) is 0 Å². The predicted molar refractivity (Wildman–Crippen MR) is 66.1 cm³/mol. The van der Waals surface area contributed by atoms with Gasteiger partial charge in [-0.3, -0.25) is 4.79 Å². The lowest BCUT2D eigenvalue weighted by molar-refractivity contribution is -0.137. The van der Waals surface area contributed by atoms with Gasteiger partial charge in [-0.2, -0.15) is 0 Å². The smallest absolute Gasteiger partial charge is 0.226 e. The summed E-state index contributed by atoms with van der Waals surface area (Å²) in [5.41, 5.74) is 5.77. The van der Waals surface area contributed by atoms with E-state index in [0.29, 0.717) is 6.04 Å². The van der Waals surface area contributed by atoms with Crippen molar-refractivity contribution in [1.82, 2.24) is 9.80 Å². The number of carbonyl (C=O) groups excluding carboxylic acids is 1. The van der Waals surface area contributed by atoms with Crippen molar-refractivity contribution in [3.63, 3.8) is 0 Å². The number of amides is 1. The maximum Gasteiger partial charge on any atom is 0.226 e. The number of nitrogens with zero attached hydrogens (tertiary/aromatic N) is 2. The molecule has 1 aliphatic rings. The van der Waals surface area contributed by atoms with Crippen molar-refractivity contribution in [3.05, 3.63) is 0 Å². The molecule has 0 radical (unpaired) electrons. The standard InChI is InChI=1S/C12H25N3O/c1-9(10(2)13)12(16)15(4)11-6-5-7-14(3)8-11/h9-11H,5-8,13H2,1-4H3. The molecule has 4 heteroatoms. The highest BCUT2D eigenvalue weighted by atomic mass is 16.2. The van der Waals surface area contributed by atoms with Crippen LogP contribution in [0.25, 0.3) is 0 Å². The summed E-state index contributed by atoms with van der Waals surface area (Å²) >= 11 is 0. The monoisotopic (exact) mass is 227 g/mol. The van der Waals surface area contributed by atoms with Crippen molar-refractivity contribution in [2.75, 3.05) is 27.2 Å². The van der Waals surface area contributed by atoms with Gasteiger partial charge in [-0.25, -0.2) is 0 Å². The zero-order valence-electron chi connectivity index (χ0n) is 10.9. The van der Waals surface area contributed by atoms with E-state index in [1.165, 1.54) is 6.42 Å². The van der Waals surface area contributed by atoms with E-state index in [9.17, 15) is 4.79 Å². The fraction of sp³-hybridized carbons (Fsp3) is 0.917. The van der Waals surface area contributed by atoms with E-state index in [-0.39, 0.29) is 17.9 Å². The Morgan fingerprint density at radius 2 is 2.12 bits per heavy atom. The van der Waals surface area contributed by atoms with Crippen LogP contribution in [0.2, 0.25) is 0 Å². The van der Waals surface area contributed by atoms with Crippen LogP contribution in [0.15, 0.2) is 0 Å². The highest BCUT2D eigenvalue weighted by Crippen LogP contribution is 2.16. The Kier molecular flexibility index (Phi) is 4.74. The minimum absolute atomic E-state index is 0.0729. The van der Waals surface area contributed by atoms with Crippen molar-refractivity contribution >= 4 is 5.91 Å². The van der Waals surface area contributed by atoms with E-state index in [1.54, 1.807) is 0 Å². The first-order valence-corrected chi connectivity index (χ1v) is 6.14. The zero-order valence-corrected chi connectivity index (χ0v) is 10.9. The Hall–Kier alpha value is -0.610. The summed E-state index contributed by atoms with van der Waals surface area (Å²) in [6, 6.07) is 0.281. The van der Waals surface area contributed by atoms with E-state index >= 15 is 0 Å². The molecule has 3 unspecified atom stereocenters. The minimum atomic E-state index is -0.0859. The Morgan fingerprint density at radius 1 is 1.50 bits per heavy atom. The fourth-order valence-electron chi connectivity index (χ4n) is 2.18. The second-order valence-electron chi connectivity index (χ2n) is 5.16. The zero-order chi connectivity index (χ0) is 12.3. The van der Waals surface area contributed by atoms with Crippen LogP contribution in [0.1, 0.15) is 26.7 Å². The molecule has 1 aliphatic heterocycles. The van der Waals surface area contributed by atoms with Gasteiger partial charge >= 0.3 is 0 Å². The van der Waals surface area contributed by atoms with Crippen molar-refractivity contribution in [2.24, 2.45) is 11.7 Å². The van der Waals surface area contributed by atoms with Gasteiger partial charge in [0.05, 0.1) is 5.92 Å². The molecule has 0 bridgehead atoms. The number of likely N-dealkylation sites (N-methyl/N-ethyl adjacent to an activating group) is 2. The third-order valence-corrected chi connectivity index (χ3v) is 3.67. The molecule has 1 rings (SSSR count). The molecule has 0 aromatic heterocycles. The third kappa shape index (κ3) is 3.19. The van der Waals surface area contributed by atoms with E-state index in [4.69, 9.17) is 5.73 Å². The van der Waals surface area contributed by atoms with Gasteiger partial charge in [0.15, 0.2) is 0 Å². The number of hydrogen-bond acceptors (Lipinski definition) is 3. The first-order valence-electron chi connectivity index (χ1n) is 6.14. The molecule has 0 aromatic carbocycles. The number of hydrogen-bond donors (Lipinski definition) is 1. The normalized spacial score (nSPS) is 26.2. The molecule has 1 heterocycles. The maximum absolute atomic E-state index is 12.1. The summed E-state index contributed by atoms with van der Waals surface area (Å²) in [6.07, 6.45) is 2.28. The van der Waals surface area contributed by atoms with Gasteiger partial charge < -0.3 is 15.5 Å². The van der Waals surface area contributed by atoms with Crippen LogP contribution in [0, 0.1) is 5.92 Å². The molecule has 0 saturated carbocycles. The van der Waals surface area contributed by atoms with Crippen LogP contribution >= 0.6 is 0 Å². The summed E-state index contributed by atoms with van der Waals surface area (Å²) in [5.74, 6) is 0.0903. The Morgan fingerprint density at radius 3 is 2.62 bits per heavy atom. The van der Waals surface area contributed by atoms with Gasteiger partial charge in [-0.05, 0) is 33.4 Å². The van der Waals surface area contributed by atoms with Gasteiger partial charge in [-0.1, -0.05) is 6.92 Å². The number of piperidine rings is 1. The first-order chi connectivity index (χ1) is 7.43. The molecule has 94 valence electrons. The van der Waals surface area contributed by atoms with Gasteiger partial charge in [0.1, 0.15) is 0 Å². The van der Waals surface area contributed by atoms with Gasteiger partial charge in [0.2, 0.25) is 5.91 Å². The Labute approximate surface area is 98.8 Å². The second kappa shape index (κ2) is 5.64. The maximum atomic E-state index is 12.1. The van der Waals surface area contributed by atoms with E-state index in [2.05, 4.69) is 11.9 Å². The van der Waals surface area contributed by atoms with Crippen LogP contribution in [0.3, 0.4) is 0 Å². The SMILES string of the molecule is CC(N)C(C)C(=O)N(C)C1CCCN(C)C1. The summed E-state index contributed by atoms with van der Waals surface area (Å²) < 4.78 is 0. The van der Waals surface area contributed by atoms with Crippen LogP contribution < -0.4 is 5.73 Å². The van der Waals surface area contributed by atoms with E-state index in [1.807, 2.05) is 25.8 Å². The lowest BCUT2D eigenvalue weighted by Gasteiger charge is -2.37. The van der Waals surface area contributed by atoms with Gasteiger partial charge in [0, 0.05) is 25.7 Å². The number of likely N-dealkylation sites (tertiary alicyclic amines) is 1. The lowest BCUT2D eigenvalue weighted by atomic mass is 9.99. The average molecular weight is 227 g/mol. The lowest BCUT2D eigenvalue weighted by Crippen LogP contribution is -2.50. The number of carbonyl (C=O) groups is 1. The Bertz CT molecular complexity index is 242. The number of rotatable bonds is 3. The van der Waals surface area contributed by atoms with Crippen LogP contribution in [-0.2, 0) is 4.79 Å². The molecule has 2 N–H and O–H groups in total. The molecule has 1 saturated heterocycles. The fourth-order valence-corrected chi connectivity index (χ4v) is 2.18. The largest absolute Gasteiger partial charge is 0.341 e. The minimum Gasteiger partial charge on any atom is -0.341 e. The molecule has 0 aromatic rings.